The van der Waals surface area contributed by atoms with Crippen LogP contribution in [0.1, 0.15) is 114 Å². The van der Waals surface area contributed by atoms with Gasteiger partial charge in [0.2, 0.25) is 0 Å². The molecule has 3 nitrogen and oxygen atoms in total. The number of hydrogen-bond acceptors (Lipinski definition) is 3. The molecule has 0 saturated carbocycles. The number of hydrogen-bond donors (Lipinski definition) is 2. The molecule has 4 rings (SSSR count). The molecule has 2 N–H and O–H groups in total. The third kappa shape index (κ3) is 4.32. The van der Waals surface area contributed by atoms with Crippen LogP contribution in [-0.2, 0) is 0 Å². The van der Waals surface area contributed by atoms with Gasteiger partial charge in [-0.25, -0.2) is 0 Å². The summed E-state index contributed by atoms with van der Waals surface area (Å²) >= 11 is 0. The summed E-state index contributed by atoms with van der Waals surface area (Å²) in [6.45, 7) is 18.6. The van der Waals surface area contributed by atoms with E-state index < -0.39 is 0 Å². The second-order valence-corrected chi connectivity index (χ2v) is 11.7. The fraction of sp³-hybridized carbons (Fsp3) is 0.613. The summed E-state index contributed by atoms with van der Waals surface area (Å²) in [5.41, 5.74) is 11.4. The van der Waals surface area contributed by atoms with E-state index in [1.54, 1.807) is 0 Å². The minimum atomic E-state index is 0.191. The van der Waals surface area contributed by atoms with Crippen LogP contribution in [0.5, 0.6) is 0 Å². The maximum Gasteiger partial charge on any atom is 0.0415 e. The van der Waals surface area contributed by atoms with Crippen LogP contribution in [0.4, 0.5) is 22.7 Å². The van der Waals surface area contributed by atoms with E-state index in [1.807, 2.05) is 0 Å². The molecule has 0 spiro atoms. The Labute approximate surface area is 208 Å². The van der Waals surface area contributed by atoms with Gasteiger partial charge in [-0.15, -0.1) is 0 Å². The number of nitrogens with one attached hydrogen (secondary N) is 2. The van der Waals surface area contributed by atoms with Crippen LogP contribution < -0.4 is 15.5 Å². The van der Waals surface area contributed by atoms with Crippen molar-refractivity contribution in [2.24, 2.45) is 0 Å². The predicted octanol–water partition coefficient (Wildman–Crippen LogP) is 9.03. The van der Waals surface area contributed by atoms with Crippen molar-refractivity contribution in [1.82, 2.24) is 0 Å². The first-order valence-electron chi connectivity index (χ1n) is 13.7. The van der Waals surface area contributed by atoms with Gasteiger partial charge in [0.1, 0.15) is 0 Å². The summed E-state index contributed by atoms with van der Waals surface area (Å²) in [7, 11) is 2.24. The SMILES string of the molecule is CCC1CC(C)(CC)Nc2c(C)cc(N(C)c3cc(C)c4c(c3)C(CC)CC(C)(CC)N4)cc21. The Hall–Kier alpha value is -2.16. The highest BCUT2D eigenvalue weighted by Gasteiger charge is 2.36. The van der Waals surface area contributed by atoms with Gasteiger partial charge < -0.3 is 15.5 Å². The molecule has 2 aliphatic heterocycles. The molecular formula is C31H47N3. The molecule has 3 heteroatoms. The molecule has 34 heavy (non-hydrogen) atoms. The number of benzene rings is 2. The molecule has 4 atom stereocenters. The quantitative estimate of drug-likeness (QED) is 0.449. The van der Waals surface area contributed by atoms with Gasteiger partial charge in [0, 0.05) is 40.9 Å². The highest BCUT2D eigenvalue weighted by molar-refractivity contribution is 5.75. The van der Waals surface area contributed by atoms with Gasteiger partial charge in [-0.2, -0.15) is 0 Å². The van der Waals surface area contributed by atoms with Gasteiger partial charge >= 0.3 is 0 Å². The summed E-state index contributed by atoms with van der Waals surface area (Å²) in [5, 5.41) is 7.82. The van der Waals surface area contributed by atoms with E-state index in [2.05, 4.69) is 102 Å². The van der Waals surface area contributed by atoms with Gasteiger partial charge in [0.15, 0.2) is 0 Å². The van der Waals surface area contributed by atoms with Gasteiger partial charge in [-0.05, 0) is 125 Å². The van der Waals surface area contributed by atoms with Crippen LogP contribution in [0.2, 0.25) is 0 Å². The molecule has 0 bridgehead atoms. The van der Waals surface area contributed by atoms with Crippen LogP contribution in [0, 0.1) is 13.8 Å². The summed E-state index contributed by atoms with van der Waals surface area (Å²) in [5.74, 6) is 1.22. The third-order valence-electron chi connectivity index (χ3n) is 9.15. The molecule has 0 radical (unpaired) electrons. The molecule has 0 amide bonds. The van der Waals surface area contributed by atoms with Gasteiger partial charge in [-0.3, -0.25) is 0 Å². The van der Waals surface area contributed by atoms with Gasteiger partial charge in [-0.1, -0.05) is 27.7 Å². The first-order chi connectivity index (χ1) is 16.1. The lowest BCUT2D eigenvalue weighted by Gasteiger charge is -2.42. The second kappa shape index (κ2) is 9.13. The first kappa shape index (κ1) is 24.9. The zero-order valence-electron chi connectivity index (χ0n) is 23.2. The van der Waals surface area contributed by atoms with Crippen molar-refractivity contribution in [1.29, 1.82) is 0 Å². The lowest BCUT2D eigenvalue weighted by Crippen LogP contribution is -2.40. The van der Waals surface area contributed by atoms with E-state index in [1.165, 1.54) is 70.7 Å². The number of anilines is 4. The maximum atomic E-state index is 3.91. The zero-order valence-corrected chi connectivity index (χ0v) is 23.2. The van der Waals surface area contributed by atoms with Crippen LogP contribution in [0.15, 0.2) is 24.3 Å². The average molecular weight is 462 g/mol. The molecule has 0 saturated heterocycles. The molecule has 0 aliphatic carbocycles. The first-order valence-corrected chi connectivity index (χ1v) is 13.7. The molecule has 2 aliphatic rings. The summed E-state index contributed by atoms with van der Waals surface area (Å²) in [6.07, 6.45) is 7.10. The summed E-state index contributed by atoms with van der Waals surface area (Å²) < 4.78 is 0. The van der Waals surface area contributed by atoms with Crippen molar-refractivity contribution in [3.63, 3.8) is 0 Å². The molecule has 0 aromatic heterocycles. The van der Waals surface area contributed by atoms with E-state index in [0.717, 1.165) is 12.8 Å². The van der Waals surface area contributed by atoms with Crippen LogP contribution >= 0.6 is 0 Å². The summed E-state index contributed by atoms with van der Waals surface area (Å²) in [6, 6.07) is 9.66. The lowest BCUT2D eigenvalue weighted by molar-refractivity contribution is 0.388. The van der Waals surface area contributed by atoms with Crippen molar-refractivity contribution in [3.05, 3.63) is 46.5 Å². The number of aryl methyl sites for hydroxylation is 2. The Balaban J connectivity index is 1.74. The van der Waals surface area contributed by atoms with Crippen molar-refractivity contribution < 1.29 is 0 Å². The van der Waals surface area contributed by atoms with Crippen molar-refractivity contribution >= 4 is 22.7 Å². The van der Waals surface area contributed by atoms with E-state index in [4.69, 9.17) is 0 Å². The normalized spacial score (nSPS) is 27.9. The van der Waals surface area contributed by atoms with Crippen LogP contribution in [-0.4, -0.2) is 18.1 Å². The fourth-order valence-corrected chi connectivity index (χ4v) is 6.32. The maximum absolute atomic E-state index is 3.91. The number of rotatable bonds is 6. The Bertz CT molecular complexity index is 974. The van der Waals surface area contributed by atoms with Gasteiger partial charge in [0.25, 0.3) is 0 Å². The van der Waals surface area contributed by atoms with Gasteiger partial charge in [0.05, 0.1) is 0 Å². The Morgan fingerprint density at radius 2 is 1.12 bits per heavy atom. The highest BCUT2D eigenvalue weighted by atomic mass is 15.1. The lowest BCUT2D eigenvalue weighted by atomic mass is 9.76. The monoisotopic (exact) mass is 461 g/mol. The summed E-state index contributed by atoms with van der Waals surface area (Å²) in [4.78, 5) is 2.40. The Kier molecular flexibility index (Phi) is 6.70. The number of fused-ring (bicyclic) bond motifs is 2. The van der Waals surface area contributed by atoms with E-state index >= 15 is 0 Å². The molecule has 4 unspecified atom stereocenters. The third-order valence-corrected chi connectivity index (χ3v) is 9.15. The topological polar surface area (TPSA) is 27.3 Å². The molecule has 2 aromatic rings. The molecule has 2 heterocycles. The van der Waals surface area contributed by atoms with E-state index in [-0.39, 0.29) is 11.1 Å². The molecular weight excluding hydrogens is 414 g/mol. The largest absolute Gasteiger partial charge is 0.379 e. The zero-order chi connectivity index (χ0) is 24.8. The Morgan fingerprint density at radius 1 is 0.735 bits per heavy atom. The fourth-order valence-electron chi connectivity index (χ4n) is 6.32. The van der Waals surface area contributed by atoms with E-state index in [9.17, 15) is 0 Å². The highest BCUT2D eigenvalue weighted by Crippen LogP contribution is 2.48. The van der Waals surface area contributed by atoms with Crippen LogP contribution in [0.3, 0.4) is 0 Å². The van der Waals surface area contributed by atoms with Crippen molar-refractivity contribution in [3.8, 4) is 0 Å². The number of nitrogens with zero attached hydrogens (tertiary/aromatic N) is 1. The second-order valence-electron chi connectivity index (χ2n) is 11.7. The smallest absolute Gasteiger partial charge is 0.0415 e. The minimum absolute atomic E-state index is 0.191. The molecule has 2 aromatic carbocycles. The van der Waals surface area contributed by atoms with Crippen molar-refractivity contribution in [2.45, 2.75) is 117 Å². The standard InChI is InChI=1S/C31H47N3/c1-10-22-18-30(7,12-3)32-28-20(5)14-24(16-26(22)28)34(9)25-15-21(6)29-27(17-25)23(11-2)19-31(8,13-4)33-29/h14-17,22-23,32-33H,10-13,18-19H2,1-9H3. The van der Waals surface area contributed by atoms with Crippen LogP contribution in [0.25, 0.3) is 0 Å². The molecule has 186 valence electrons. The Morgan fingerprint density at radius 3 is 1.44 bits per heavy atom. The predicted molar refractivity (Wildman–Crippen MR) is 150 cm³/mol. The minimum Gasteiger partial charge on any atom is -0.379 e. The molecule has 0 fully saturated rings. The van der Waals surface area contributed by atoms with E-state index in [0.29, 0.717) is 11.8 Å². The average Bonchev–Trinajstić information content (AvgIpc) is 2.83. The van der Waals surface area contributed by atoms with Crippen molar-refractivity contribution in [2.75, 3.05) is 22.6 Å².